The molecule has 4 heterocycles. The van der Waals surface area contributed by atoms with Crippen LogP contribution in [-0.4, -0.2) is 45.5 Å². The zero-order valence-corrected chi connectivity index (χ0v) is 20.8. The van der Waals surface area contributed by atoms with Gasteiger partial charge in [-0.1, -0.05) is 28.1 Å². The summed E-state index contributed by atoms with van der Waals surface area (Å²) in [4.78, 5) is 19.5. The van der Waals surface area contributed by atoms with Gasteiger partial charge in [0.05, 0.1) is 18.9 Å². The Morgan fingerprint density at radius 1 is 1.12 bits per heavy atom. The van der Waals surface area contributed by atoms with Gasteiger partial charge in [-0.15, -0.1) is 0 Å². The van der Waals surface area contributed by atoms with E-state index in [1.165, 1.54) is 4.57 Å². The Morgan fingerprint density at radius 3 is 2.56 bits per heavy atom. The fourth-order valence-corrected chi connectivity index (χ4v) is 5.79. The fraction of sp³-hybridized carbons (Fsp3) is 0.346. The smallest absolute Gasteiger partial charge is 0.332 e. The Balaban J connectivity index is 1.54. The molecule has 0 radical (unpaired) electrons. The third kappa shape index (κ3) is 3.23. The molecule has 2 aromatic heterocycles. The molecule has 0 saturated carbocycles. The summed E-state index contributed by atoms with van der Waals surface area (Å²) in [7, 11) is 0. The van der Waals surface area contributed by atoms with Crippen LogP contribution in [0.2, 0.25) is 0 Å². The largest absolute Gasteiger partial charge is 0.493 e. The van der Waals surface area contributed by atoms with Gasteiger partial charge in [0, 0.05) is 52.3 Å². The number of nitrogens with zero attached hydrogens (tertiary/aromatic N) is 3. The van der Waals surface area contributed by atoms with Gasteiger partial charge in [0.2, 0.25) is 5.88 Å². The monoisotopic (exact) mass is 522 g/mol. The van der Waals surface area contributed by atoms with Crippen LogP contribution in [0.5, 0.6) is 5.88 Å². The van der Waals surface area contributed by atoms with Crippen molar-refractivity contribution in [1.29, 1.82) is 0 Å². The highest BCUT2D eigenvalue weighted by Crippen LogP contribution is 2.42. The zero-order chi connectivity index (χ0) is 23.6. The van der Waals surface area contributed by atoms with Gasteiger partial charge >= 0.3 is 5.69 Å². The van der Waals surface area contributed by atoms with Crippen LogP contribution in [0.1, 0.15) is 48.4 Å². The number of morpholine rings is 1. The zero-order valence-electron chi connectivity index (χ0n) is 19.2. The number of anilines is 1. The maximum atomic E-state index is 13.6. The van der Waals surface area contributed by atoms with Crippen LogP contribution in [0.25, 0.3) is 10.9 Å². The highest BCUT2D eigenvalue weighted by Gasteiger charge is 2.36. The number of aromatic hydroxyl groups is 1. The van der Waals surface area contributed by atoms with E-state index in [9.17, 15) is 9.90 Å². The highest BCUT2D eigenvalue weighted by molar-refractivity contribution is 9.10. The van der Waals surface area contributed by atoms with E-state index < -0.39 is 0 Å². The molecule has 0 amide bonds. The van der Waals surface area contributed by atoms with Crippen LogP contribution in [0.4, 0.5) is 5.69 Å². The maximum absolute atomic E-state index is 13.6. The number of hydrogen-bond donors (Lipinski definition) is 2. The lowest BCUT2D eigenvalue weighted by Gasteiger charge is -2.30. The Kier molecular flexibility index (Phi) is 5.11. The molecule has 1 unspecified atom stereocenters. The van der Waals surface area contributed by atoms with E-state index in [4.69, 9.17) is 4.74 Å². The average molecular weight is 523 g/mol. The van der Waals surface area contributed by atoms with Crippen LogP contribution in [-0.2, 0) is 11.2 Å². The van der Waals surface area contributed by atoms with Crippen LogP contribution in [0, 0.1) is 0 Å². The van der Waals surface area contributed by atoms with Gasteiger partial charge in [-0.25, -0.2) is 4.79 Å². The van der Waals surface area contributed by atoms with E-state index in [1.807, 2.05) is 19.9 Å². The van der Waals surface area contributed by atoms with Gasteiger partial charge in [-0.3, -0.25) is 9.13 Å². The van der Waals surface area contributed by atoms with Crippen molar-refractivity contribution in [2.24, 2.45) is 0 Å². The summed E-state index contributed by atoms with van der Waals surface area (Å²) in [5, 5.41) is 12.2. The number of rotatable bonds is 3. The van der Waals surface area contributed by atoms with Gasteiger partial charge < -0.3 is 19.7 Å². The predicted octanol–water partition coefficient (Wildman–Crippen LogP) is 4.56. The molecule has 2 N–H and O–H groups in total. The molecule has 0 bridgehead atoms. The first-order valence-corrected chi connectivity index (χ1v) is 12.5. The Hall–Kier alpha value is -2.97. The summed E-state index contributed by atoms with van der Waals surface area (Å²) in [6, 6.07) is 14.1. The van der Waals surface area contributed by atoms with E-state index >= 15 is 0 Å². The van der Waals surface area contributed by atoms with Crippen molar-refractivity contribution >= 4 is 32.5 Å². The fourth-order valence-electron chi connectivity index (χ4n) is 5.43. The summed E-state index contributed by atoms with van der Waals surface area (Å²) in [6.07, 6.45) is 0.495. The Bertz CT molecular complexity index is 1440. The molecule has 2 aliphatic heterocycles. The minimum atomic E-state index is -0.345. The summed E-state index contributed by atoms with van der Waals surface area (Å²) >= 11 is 3.60. The van der Waals surface area contributed by atoms with E-state index in [2.05, 4.69) is 62.2 Å². The summed E-state index contributed by atoms with van der Waals surface area (Å²) in [5.41, 5.74) is 5.78. The molecule has 34 heavy (non-hydrogen) atoms. The molecule has 0 aliphatic carbocycles. The molecule has 176 valence electrons. The lowest BCUT2D eigenvalue weighted by Crippen LogP contribution is -2.36. The summed E-state index contributed by atoms with van der Waals surface area (Å²) < 4.78 is 9.75. The predicted molar refractivity (Wildman–Crippen MR) is 136 cm³/mol. The number of fused-ring (bicyclic) bond motifs is 4. The molecular formula is C26H27BrN4O3. The molecule has 2 aromatic carbocycles. The second-order valence-electron chi connectivity index (χ2n) is 9.36. The number of ether oxygens (including phenoxy) is 1. The number of benzene rings is 2. The second-order valence-corrected chi connectivity index (χ2v) is 10.3. The highest BCUT2D eigenvalue weighted by atomic mass is 79.9. The van der Waals surface area contributed by atoms with Crippen LogP contribution in [0.15, 0.2) is 51.7 Å². The van der Waals surface area contributed by atoms with Gasteiger partial charge in [0.25, 0.3) is 0 Å². The molecule has 1 fully saturated rings. The first kappa shape index (κ1) is 21.6. The van der Waals surface area contributed by atoms with E-state index in [1.54, 1.807) is 4.57 Å². The standard InChI is InChI=1S/C26H27BrN4O3/c1-15(2)30-25(32)22-14-20-19-13-17(27)5-8-21(19)28-23(20)24(31(22)26(30)33)16-3-6-18(7-4-16)29-9-11-34-12-10-29/h3-8,13,15,24,28,32H,9-12,14H2,1-2H3. The van der Waals surface area contributed by atoms with Gasteiger partial charge in [0.15, 0.2) is 0 Å². The number of hydrogen-bond acceptors (Lipinski definition) is 4. The molecule has 6 rings (SSSR count). The molecular weight excluding hydrogens is 496 g/mol. The van der Waals surface area contributed by atoms with Gasteiger partial charge in [-0.2, -0.15) is 0 Å². The molecule has 0 spiro atoms. The van der Waals surface area contributed by atoms with Crippen molar-refractivity contribution in [3.05, 3.63) is 79.9 Å². The quantitative estimate of drug-likeness (QED) is 0.364. The first-order chi connectivity index (χ1) is 16.4. The number of aromatic nitrogens is 3. The van der Waals surface area contributed by atoms with E-state index in [-0.39, 0.29) is 23.7 Å². The Labute approximate surface area is 205 Å². The maximum Gasteiger partial charge on any atom is 0.332 e. The third-order valence-electron chi connectivity index (χ3n) is 7.07. The lowest BCUT2D eigenvalue weighted by molar-refractivity contribution is 0.122. The van der Waals surface area contributed by atoms with Crippen LogP contribution in [0.3, 0.4) is 0 Å². The summed E-state index contributed by atoms with van der Waals surface area (Å²) in [6.45, 7) is 7.06. The first-order valence-electron chi connectivity index (χ1n) is 11.7. The topological polar surface area (TPSA) is 75.4 Å². The van der Waals surface area contributed by atoms with Crippen molar-refractivity contribution in [2.45, 2.75) is 32.4 Å². The van der Waals surface area contributed by atoms with Gasteiger partial charge in [-0.05, 0) is 55.3 Å². The molecule has 8 heteroatoms. The van der Waals surface area contributed by atoms with Crippen LogP contribution >= 0.6 is 15.9 Å². The van der Waals surface area contributed by atoms with Crippen LogP contribution < -0.4 is 10.6 Å². The van der Waals surface area contributed by atoms with Crippen molar-refractivity contribution < 1.29 is 9.84 Å². The van der Waals surface area contributed by atoms with E-state index in [0.717, 1.165) is 64.2 Å². The van der Waals surface area contributed by atoms with E-state index in [0.29, 0.717) is 12.1 Å². The van der Waals surface area contributed by atoms with Crippen molar-refractivity contribution in [2.75, 3.05) is 31.2 Å². The number of H-pyrrole nitrogens is 1. The number of halogens is 1. The minimum Gasteiger partial charge on any atom is -0.493 e. The molecule has 1 atom stereocenters. The van der Waals surface area contributed by atoms with Crippen molar-refractivity contribution in [1.82, 2.24) is 14.1 Å². The van der Waals surface area contributed by atoms with Crippen molar-refractivity contribution in [3.63, 3.8) is 0 Å². The molecule has 7 nitrogen and oxygen atoms in total. The molecule has 2 aliphatic rings. The average Bonchev–Trinajstić information content (AvgIpc) is 3.32. The Morgan fingerprint density at radius 2 is 1.85 bits per heavy atom. The van der Waals surface area contributed by atoms with Crippen molar-refractivity contribution in [3.8, 4) is 5.88 Å². The normalized spacial score (nSPS) is 17.9. The minimum absolute atomic E-state index is 0.0601. The molecule has 1 saturated heterocycles. The SMILES string of the molecule is CC(C)n1c(O)c2n(c1=O)C(c1ccc(N3CCOCC3)cc1)c1[nH]c3ccc(Br)cc3c1C2. The third-order valence-corrected chi connectivity index (χ3v) is 7.56. The summed E-state index contributed by atoms with van der Waals surface area (Å²) in [5.74, 6) is 0.0601. The number of nitrogens with one attached hydrogen (secondary N) is 1. The molecule has 4 aromatic rings. The second kappa shape index (κ2) is 8.06. The number of aromatic amines is 1. The van der Waals surface area contributed by atoms with Gasteiger partial charge in [0.1, 0.15) is 6.04 Å². The number of imidazole rings is 1. The lowest BCUT2D eigenvalue weighted by atomic mass is 9.93.